The van der Waals surface area contributed by atoms with Gasteiger partial charge in [0.25, 0.3) is 0 Å². The summed E-state index contributed by atoms with van der Waals surface area (Å²) in [6, 6.07) is 57.0. The van der Waals surface area contributed by atoms with Crippen molar-refractivity contribution in [1.29, 1.82) is 0 Å². The minimum atomic E-state index is -1.28. The normalized spacial score (nSPS) is 17.1. The summed E-state index contributed by atoms with van der Waals surface area (Å²) >= 11 is 0. The van der Waals surface area contributed by atoms with E-state index in [1.54, 1.807) is 140 Å². The number of ether oxygens (including phenoxy) is 17. The second-order valence-corrected chi connectivity index (χ2v) is 35.7. The molecule has 5 aliphatic rings. The van der Waals surface area contributed by atoms with Crippen LogP contribution in [0.1, 0.15) is 254 Å². The molecule has 17 rings (SSSR count). The Kier molecular flexibility index (Phi) is 30.2. The number of aryl methyl sites for hydroxylation is 4. The molecule has 0 heterocycles. The van der Waals surface area contributed by atoms with Crippen LogP contribution in [0, 0.1) is 0 Å². The molecule has 9 atom stereocenters. The average Bonchev–Trinajstić information content (AvgIpc) is 1.05. The first-order valence-electron chi connectivity index (χ1n) is 47.1. The molecule has 0 saturated carbocycles. The molecule has 750 valence electrons. The third-order valence-electron chi connectivity index (χ3n) is 26.5. The number of fused-ring (bicyclic) bond motifs is 12. The van der Waals surface area contributed by atoms with E-state index >= 15 is 0 Å². The lowest BCUT2D eigenvalue weighted by Gasteiger charge is -2.31. The van der Waals surface area contributed by atoms with Crippen molar-refractivity contribution in [3.05, 3.63) is 352 Å². The third-order valence-corrected chi connectivity index (χ3v) is 26.5. The van der Waals surface area contributed by atoms with Gasteiger partial charge in [-0.15, -0.1) is 0 Å². The Labute approximate surface area is 837 Å². The maximum Gasteiger partial charge on any atom is 0.344 e. The van der Waals surface area contributed by atoms with E-state index in [-0.39, 0.29) is 102 Å². The lowest BCUT2D eigenvalue weighted by Crippen LogP contribution is -2.18. The number of aromatic hydroxyl groups is 4. The molecule has 32 nitrogen and oxygen atoms in total. The molecule has 8 bridgehead atoms. The van der Waals surface area contributed by atoms with Crippen molar-refractivity contribution in [2.24, 2.45) is 0 Å². The Balaban J connectivity index is 0.770. The number of hydrogen-bond donors (Lipinski definition) is 4. The third kappa shape index (κ3) is 22.2. The van der Waals surface area contributed by atoms with Gasteiger partial charge in [0.05, 0.1) is 50.7 Å². The SMILES string of the molecule is COc1cc(O)c2cc1C(Cc1ccc(C(=O)OCC(=O)OC3CCc4cc(OC(C)=O)ccc43)cc1)c1cc(c(OC)cc1O)C(c1ccc(C(=O)OCC(=O)OC3CCc4cc(OC(C)=O)ccc43)cc1)c1cc(c(OC)cc1O)C(c1ccc(C(=O)OCC(=O)OC3CCc4cc(OC(C)OC)ccc43)cc1)c1cc(c(OC)cc1O)C2c1ccc(C(=O)OCC(=O)OC2CCc3cc(OC(C)=O)ccc32)cc1. The van der Waals surface area contributed by atoms with Crippen LogP contribution in [0.2, 0.25) is 0 Å². The van der Waals surface area contributed by atoms with E-state index in [2.05, 4.69) is 0 Å². The second-order valence-electron chi connectivity index (χ2n) is 35.7. The van der Waals surface area contributed by atoms with Crippen LogP contribution in [-0.2, 0) is 108 Å². The lowest BCUT2D eigenvalue weighted by molar-refractivity contribution is -0.153. The van der Waals surface area contributed by atoms with E-state index in [1.807, 2.05) is 12.1 Å². The van der Waals surface area contributed by atoms with Crippen molar-refractivity contribution in [2.75, 3.05) is 62.0 Å². The highest BCUT2D eigenvalue weighted by atomic mass is 16.7. The molecule has 0 spiro atoms. The summed E-state index contributed by atoms with van der Waals surface area (Å²) in [6.07, 6.45) is 0.532. The van der Waals surface area contributed by atoms with Gasteiger partial charge in [0.1, 0.15) is 93.4 Å². The molecule has 0 amide bonds. The van der Waals surface area contributed by atoms with E-state index in [0.29, 0.717) is 113 Å². The number of carbonyl (C=O) groups excluding carboxylic acids is 11. The Hall–Kier alpha value is -17.0. The van der Waals surface area contributed by atoms with Crippen LogP contribution in [0.25, 0.3) is 0 Å². The molecule has 0 saturated heterocycles. The van der Waals surface area contributed by atoms with E-state index in [0.717, 1.165) is 27.8 Å². The zero-order chi connectivity index (χ0) is 103. The fraction of sp³-hybridized carbons (Fsp3) is 0.272. The van der Waals surface area contributed by atoms with Crippen LogP contribution in [0.3, 0.4) is 0 Å². The Morgan fingerprint density at radius 2 is 0.555 bits per heavy atom. The van der Waals surface area contributed by atoms with E-state index < -0.39 is 164 Å². The maximum atomic E-state index is 14.4. The molecule has 4 N–H and O–H groups in total. The van der Waals surface area contributed by atoms with Gasteiger partial charge in [-0.25, -0.2) is 38.4 Å². The first-order valence-corrected chi connectivity index (χ1v) is 47.1. The maximum absolute atomic E-state index is 14.4. The zero-order valence-corrected chi connectivity index (χ0v) is 80.9. The summed E-state index contributed by atoms with van der Waals surface area (Å²) < 4.78 is 98.0. The van der Waals surface area contributed by atoms with E-state index in [1.165, 1.54) is 129 Å². The minimum absolute atomic E-state index is 0.0196. The number of phenols is 4. The smallest absolute Gasteiger partial charge is 0.344 e. The predicted octanol–water partition coefficient (Wildman–Crippen LogP) is 17.5. The summed E-state index contributed by atoms with van der Waals surface area (Å²) in [5, 5.41) is 52.8. The molecule has 0 aliphatic heterocycles. The van der Waals surface area contributed by atoms with E-state index in [9.17, 15) is 73.2 Å². The number of benzene rings is 12. The second kappa shape index (κ2) is 43.8. The van der Waals surface area contributed by atoms with Gasteiger partial charge in [-0.2, -0.15) is 0 Å². The Bertz CT molecular complexity index is 6960. The van der Waals surface area contributed by atoms with Gasteiger partial charge in [-0.3, -0.25) is 14.4 Å². The van der Waals surface area contributed by atoms with Gasteiger partial charge >= 0.3 is 65.7 Å². The summed E-state index contributed by atoms with van der Waals surface area (Å²) in [5.74, 6) is -13.3. The summed E-state index contributed by atoms with van der Waals surface area (Å²) in [4.78, 5) is 147. The first-order chi connectivity index (χ1) is 70.4. The number of phenolic OH excluding ortho intramolecular Hbond substituents is 4. The average molecular weight is 1980 g/mol. The largest absolute Gasteiger partial charge is 0.508 e. The van der Waals surface area contributed by atoms with Gasteiger partial charge in [-0.05, 0) is 253 Å². The fourth-order valence-electron chi connectivity index (χ4n) is 19.8. The van der Waals surface area contributed by atoms with Gasteiger partial charge in [-0.1, -0.05) is 72.8 Å². The van der Waals surface area contributed by atoms with Gasteiger partial charge in [0, 0.05) is 120 Å². The van der Waals surface area contributed by atoms with Crippen molar-refractivity contribution < 1.29 is 154 Å². The highest BCUT2D eigenvalue weighted by Crippen LogP contribution is 2.55. The molecule has 9 unspecified atom stereocenters. The molecule has 32 heteroatoms. The number of rotatable bonds is 31. The number of carbonyl (C=O) groups is 11. The minimum Gasteiger partial charge on any atom is -0.508 e. The Morgan fingerprint density at radius 3 is 0.842 bits per heavy atom. The summed E-state index contributed by atoms with van der Waals surface area (Å²) in [7, 11) is 6.99. The van der Waals surface area contributed by atoms with Crippen LogP contribution >= 0.6 is 0 Å². The van der Waals surface area contributed by atoms with Crippen LogP contribution in [0.5, 0.6) is 69.0 Å². The quantitative estimate of drug-likeness (QED) is 0.0136. The van der Waals surface area contributed by atoms with Crippen LogP contribution < -0.4 is 37.9 Å². The lowest BCUT2D eigenvalue weighted by atomic mass is 9.75. The van der Waals surface area contributed by atoms with E-state index in [4.69, 9.17) is 80.5 Å². The van der Waals surface area contributed by atoms with Gasteiger partial charge in [0.15, 0.2) is 32.7 Å². The molecule has 0 aromatic heterocycles. The highest BCUT2D eigenvalue weighted by Gasteiger charge is 2.40. The van der Waals surface area contributed by atoms with Crippen LogP contribution in [0.4, 0.5) is 0 Å². The standard InChI is InChI=1S/C114H102O32/c1-59(115)139-75-30-34-79-71(43-75)26-38-96(79)143-104(122)55-135-111(126)67-12-10-63(11-13-67)42-83-84-47-89(101(132-7)51-92(84)118)109(65-16-22-69(23-17-65)113(128)137-57-106(124)145-98-40-28-73-45-77(141-61(3)117)32-36-81(73)98)87-49-91(103(134-9)53-94(87)120)110(66-18-24-70(25-19-66)114(129)138-58-107(125)146-99-41-29-74-46-78(33-37-82(74)99)142-62(4)130-5)88-50-90(102(133-8)54-95(88)121)108(86-48-85(83)100(131-6)52-93(86)119)64-14-20-68(21-15-64)112(127)136-56-105(123)144-97-39-27-72-44-76(140-60(2)116)31-35-80(72)97/h10-25,30-37,43-54,62,83,96-99,108-110,118-121H,26-29,38-42,55-58H2,1-9H3. The Morgan fingerprint density at radius 1 is 0.295 bits per heavy atom. The zero-order valence-electron chi connectivity index (χ0n) is 80.9. The molecule has 146 heavy (non-hydrogen) atoms. The van der Waals surface area contributed by atoms with Crippen molar-refractivity contribution >= 4 is 65.7 Å². The van der Waals surface area contributed by atoms with Crippen LogP contribution in [-0.4, -0.2) is 154 Å². The van der Waals surface area contributed by atoms with Crippen molar-refractivity contribution in [1.82, 2.24) is 0 Å². The predicted molar refractivity (Wildman–Crippen MR) is 519 cm³/mol. The summed E-state index contributed by atoms with van der Waals surface area (Å²) in [6.45, 7) is 2.50. The molecule has 12 aromatic rings. The number of methoxy groups -OCH3 is 5. The molecule has 0 radical (unpaired) electrons. The topological polar surface area (TPSA) is 426 Å². The molecular weight excluding hydrogens is 1880 g/mol. The van der Waals surface area contributed by atoms with Crippen molar-refractivity contribution in [3.8, 4) is 69.0 Å². The van der Waals surface area contributed by atoms with Crippen molar-refractivity contribution in [3.63, 3.8) is 0 Å². The summed E-state index contributed by atoms with van der Waals surface area (Å²) in [5.41, 5.74) is 9.11. The van der Waals surface area contributed by atoms with Gasteiger partial charge in [0.2, 0.25) is 0 Å². The monoisotopic (exact) mass is 1980 g/mol. The van der Waals surface area contributed by atoms with Crippen LogP contribution in [0.15, 0.2) is 218 Å². The molecule has 12 aromatic carbocycles. The first kappa shape index (κ1) is 100. The molecule has 0 fully saturated rings. The number of esters is 11. The van der Waals surface area contributed by atoms with Gasteiger partial charge < -0.3 is 101 Å². The highest BCUT2D eigenvalue weighted by molar-refractivity contribution is 5.94. The molecular formula is C114H102O32. The fourth-order valence-corrected chi connectivity index (χ4v) is 19.8. The van der Waals surface area contributed by atoms with Crippen molar-refractivity contribution in [2.45, 2.75) is 140 Å². The molecule has 5 aliphatic carbocycles. The number of hydrogen-bond acceptors (Lipinski definition) is 32.